The zero-order valence-electron chi connectivity index (χ0n) is 28.1. The maximum absolute atomic E-state index is 4.47. The molecule has 3 aromatic heterocycles. The molecular weight excluding hydrogens is 631 g/mol. The lowest BCUT2D eigenvalue weighted by molar-refractivity contribution is 1.18. The van der Waals surface area contributed by atoms with Crippen LogP contribution in [0.3, 0.4) is 0 Å². The van der Waals surface area contributed by atoms with Crippen LogP contribution in [0.2, 0.25) is 0 Å². The molecule has 0 fully saturated rings. The third kappa shape index (κ3) is 3.66. The normalized spacial score (nSPS) is 12.2. The Morgan fingerprint density at radius 2 is 1.06 bits per heavy atom. The highest BCUT2D eigenvalue weighted by Crippen LogP contribution is 2.49. The summed E-state index contributed by atoms with van der Waals surface area (Å²) in [5.41, 5.74) is 14.7. The smallest absolute Gasteiger partial charge is 0.0547 e. The molecule has 0 saturated carbocycles. The number of hydrogen-bond acceptors (Lipinski definition) is 1. The summed E-state index contributed by atoms with van der Waals surface area (Å²) < 4.78 is 4.87. The number of aromatic nitrogens is 3. The lowest BCUT2D eigenvalue weighted by Crippen LogP contribution is -1.95. The predicted octanol–water partition coefficient (Wildman–Crippen LogP) is 12.9. The fraction of sp³-hybridized carbons (Fsp3) is 0. The number of hydrogen-bond donors (Lipinski definition) is 0. The van der Waals surface area contributed by atoms with Crippen LogP contribution in [0, 0.1) is 0 Å². The van der Waals surface area contributed by atoms with Crippen molar-refractivity contribution >= 4 is 65.2 Å². The Morgan fingerprint density at radius 3 is 1.94 bits per heavy atom. The fourth-order valence-corrected chi connectivity index (χ4v) is 9.12. The molecule has 0 atom stereocenters. The van der Waals surface area contributed by atoms with E-state index in [9.17, 15) is 0 Å². The average molecular weight is 660 g/mol. The van der Waals surface area contributed by atoms with E-state index in [1.54, 1.807) is 0 Å². The van der Waals surface area contributed by atoms with E-state index >= 15 is 0 Å². The molecule has 1 aliphatic carbocycles. The lowest BCUT2D eigenvalue weighted by atomic mass is 9.99. The van der Waals surface area contributed by atoms with Crippen molar-refractivity contribution in [2.75, 3.05) is 0 Å². The molecule has 3 heterocycles. The van der Waals surface area contributed by atoms with Crippen LogP contribution in [-0.2, 0) is 0 Å². The molecule has 0 radical (unpaired) electrons. The first-order valence-electron chi connectivity index (χ1n) is 17.9. The number of rotatable bonds is 3. The van der Waals surface area contributed by atoms with Gasteiger partial charge in [0.1, 0.15) is 0 Å². The topological polar surface area (TPSA) is 22.8 Å². The second kappa shape index (κ2) is 10.3. The van der Waals surface area contributed by atoms with E-state index in [1.807, 2.05) is 12.4 Å². The van der Waals surface area contributed by atoms with E-state index in [0.717, 1.165) is 0 Å². The molecule has 0 bridgehead atoms. The van der Waals surface area contributed by atoms with E-state index in [0.29, 0.717) is 0 Å². The molecule has 0 amide bonds. The Hall–Kier alpha value is -6.97. The van der Waals surface area contributed by atoms with Gasteiger partial charge in [-0.3, -0.25) is 4.98 Å². The number of benzene rings is 8. The highest BCUT2D eigenvalue weighted by Gasteiger charge is 2.24. The van der Waals surface area contributed by atoms with Crippen molar-refractivity contribution in [2.45, 2.75) is 0 Å². The van der Waals surface area contributed by atoms with Crippen molar-refractivity contribution in [3.05, 3.63) is 176 Å². The number of fused-ring (bicyclic) bond motifs is 11. The standard InChI is InChI=1S/C49H29N3/c1-2-10-33(11-3-1)51-46-22-19-32(28-41(46)49-34-12-5-4-9-30(34)17-23-47(49)51)31-18-21-45-40(27-31)36-13-6-7-16-43(36)52(45)44-24-20-38-35-25-26-50-29-42(35)37-14-8-15-39(44)48(37)38/h1-29H. The fourth-order valence-electron chi connectivity index (χ4n) is 9.12. The van der Waals surface area contributed by atoms with Gasteiger partial charge in [0.05, 0.1) is 27.8 Å². The van der Waals surface area contributed by atoms with Crippen molar-refractivity contribution in [3.8, 4) is 44.8 Å². The van der Waals surface area contributed by atoms with Crippen molar-refractivity contribution in [1.29, 1.82) is 0 Å². The first-order chi connectivity index (χ1) is 25.8. The van der Waals surface area contributed by atoms with Crippen molar-refractivity contribution in [1.82, 2.24) is 14.1 Å². The van der Waals surface area contributed by atoms with E-state index in [1.165, 1.54) is 110 Å². The molecule has 0 aliphatic heterocycles. The largest absolute Gasteiger partial charge is 0.309 e. The molecule has 1 aliphatic rings. The Bertz CT molecular complexity index is 3260. The van der Waals surface area contributed by atoms with Crippen LogP contribution in [0.15, 0.2) is 176 Å². The van der Waals surface area contributed by atoms with Gasteiger partial charge in [-0.1, -0.05) is 103 Å². The van der Waals surface area contributed by atoms with Crippen LogP contribution in [0.4, 0.5) is 0 Å². The van der Waals surface area contributed by atoms with Gasteiger partial charge in [0.25, 0.3) is 0 Å². The summed E-state index contributed by atoms with van der Waals surface area (Å²) in [5.74, 6) is 0. The molecule has 0 N–H and O–H groups in total. The van der Waals surface area contributed by atoms with Gasteiger partial charge in [-0.2, -0.15) is 0 Å². The van der Waals surface area contributed by atoms with E-state index in [4.69, 9.17) is 0 Å². The SMILES string of the molecule is c1ccc(-n2c3ccc(-c4ccc5c(c4)c4ccccc4n5-c4ccc5c6c(cccc46)-c4cnccc4-5)cc3c3c4ccccc4ccc32)cc1. The van der Waals surface area contributed by atoms with E-state index < -0.39 is 0 Å². The molecule has 0 spiro atoms. The molecule has 52 heavy (non-hydrogen) atoms. The molecule has 0 unspecified atom stereocenters. The Labute approximate surface area is 299 Å². The Morgan fingerprint density at radius 1 is 0.365 bits per heavy atom. The van der Waals surface area contributed by atoms with E-state index in [-0.39, 0.29) is 0 Å². The summed E-state index contributed by atoms with van der Waals surface area (Å²) in [4.78, 5) is 4.47. The summed E-state index contributed by atoms with van der Waals surface area (Å²) in [6.07, 6.45) is 3.90. The monoisotopic (exact) mass is 659 g/mol. The number of nitrogens with zero attached hydrogens (tertiary/aromatic N) is 3. The van der Waals surface area contributed by atoms with Gasteiger partial charge >= 0.3 is 0 Å². The zero-order chi connectivity index (χ0) is 33.9. The van der Waals surface area contributed by atoms with Gasteiger partial charge in [0.15, 0.2) is 0 Å². The highest BCUT2D eigenvalue weighted by molar-refractivity contribution is 6.22. The molecular formula is C49H29N3. The lowest BCUT2D eigenvalue weighted by Gasteiger charge is -2.13. The first kappa shape index (κ1) is 27.8. The van der Waals surface area contributed by atoms with Crippen LogP contribution in [-0.4, -0.2) is 14.1 Å². The highest BCUT2D eigenvalue weighted by atomic mass is 15.0. The average Bonchev–Trinajstić information content (AvgIpc) is 3.85. The number of pyridine rings is 1. The third-order valence-corrected chi connectivity index (χ3v) is 11.3. The van der Waals surface area contributed by atoms with Gasteiger partial charge in [-0.05, 0) is 105 Å². The molecule has 3 heteroatoms. The summed E-state index contributed by atoms with van der Waals surface area (Å²) in [6, 6.07) is 60.3. The summed E-state index contributed by atoms with van der Waals surface area (Å²) in [5, 5.41) is 10.2. The van der Waals surface area contributed by atoms with Crippen LogP contribution in [0.5, 0.6) is 0 Å². The second-order valence-electron chi connectivity index (χ2n) is 13.9. The Balaban J connectivity index is 1.09. The van der Waals surface area contributed by atoms with Crippen LogP contribution >= 0.6 is 0 Å². The molecule has 240 valence electrons. The maximum atomic E-state index is 4.47. The minimum atomic E-state index is 1.17. The van der Waals surface area contributed by atoms with Gasteiger partial charge in [-0.25, -0.2) is 0 Å². The van der Waals surface area contributed by atoms with Gasteiger partial charge in [-0.15, -0.1) is 0 Å². The Kier molecular flexibility index (Phi) is 5.50. The summed E-state index contributed by atoms with van der Waals surface area (Å²) in [7, 11) is 0. The quantitative estimate of drug-likeness (QED) is 0.185. The van der Waals surface area contributed by atoms with E-state index in [2.05, 4.69) is 178 Å². The molecule has 8 aromatic carbocycles. The van der Waals surface area contributed by atoms with Gasteiger partial charge in [0.2, 0.25) is 0 Å². The summed E-state index contributed by atoms with van der Waals surface area (Å²) in [6.45, 7) is 0. The third-order valence-electron chi connectivity index (χ3n) is 11.3. The maximum Gasteiger partial charge on any atom is 0.0547 e. The molecule has 3 nitrogen and oxygen atoms in total. The van der Waals surface area contributed by atoms with Crippen LogP contribution in [0.25, 0.3) is 110 Å². The predicted molar refractivity (Wildman–Crippen MR) is 218 cm³/mol. The first-order valence-corrected chi connectivity index (χ1v) is 17.9. The van der Waals surface area contributed by atoms with Crippen molar-refractivity contribution < 1.29 is 0 Å². The summed E-state index contributed by atoms with van der Waals surface area (Å²) >= 11 is 0. The zero-order valence-corrected chi connectivity index (χ0v) is 28.1. The molecule has 0 saturated heterocycles. The van der Waals surface area contributed by atoms with Crippen molar-refractivity contribution in [3.63, 3.8) is 0 Å². The van der Waals surface area contributed by atoms with Gasteiger partial charge in [0, 0.05) is 50.6 Å². The molecule has 11 aromatic rings. The van der Waals surface area contributed by atoms with Crippen molar-refractivity contribution in [2.24, 2.45) is 0 Å². The van der Waals surface area contributed by atoms with Crippen LogP contribution in [0.1, 0.15) is 0 Å². The molecule has 12 rings (SSSR count). The van der Waals surface area contributed by atoms with Gasteiger partial charge < -0.3 is 9.13 Å². The number of para-hydroxylation sites is 2. The van der Waals surface area contributed by atoms with Crippen LogP contribution < -0.4 is 0 Å². The minimum absolute atomic E-state index is 1.17. The second-order valence-corrected chi connectivity index (χ2v) is 13.9. The minimum Gasteiger partial charge on any atom is -0.309 e.